The Morgan fingerprint density at radius 1 is 0.226 bits per heavy atom. The first-order valence-electron chi connectivity index (χ1n) is 21.2. The van der Waals surface area contributed by atoms with E-state index in [4.69, 9.17) is 4.42 Å². The summed E-state index contributed by atoms with van der Waals surface area (Å²) in [7, 11) is 0. The van der Waals surface area contributed by atoms with E-state index < -0.39 is 0 Å². The third kappa shape index (κ3) is 6.94. The fraction of sp³-hybridized carbons (Fsp3) is 0. The maximum Gasteiger partial charge on any atom is 0.135 e. The van der Waals surface area contributed by atoms with Gasteiger partial charge in [-0.3, -0.25) is 0 Å². The van der Waals surface area contributed by atoms with Crippen molar-refractivity contribution in [2.75, 3.05) is 4.90 Å². The molecule has 0 fully saturated rings. The van der Waals surface area contributed by atoms with Crippen molar-refractivity contribution in [3.8, 4) is 66.8 Å². The van der Waals surface area contributed by atoms with Crippen LogP contribution in [0.4, 0.5) is 17.1 Å². The Bertz CT molecular complexity index is 3310. The lowest BCUT2D eigenvalue weighted by molar-refractivity contribution is 0.669. The molecular weight excluding hydrogens is 751 g/mol. The zero-order valence-corrected chi connectivity index (χ0v) is 34.0. The number of para-hydroxylation sites is 1. The lowest BCUT2D eigenvalue weighted by Crippen LogP contribution is -2.09. The Balaban J connectivity index is 0.968. The molecule has 0 N–H and O–H groups in total. The van der Waals surface area contributed by atoms with Gasteiger partial charge in [-0.25, -0.2) is 0 Å². The summed E-state index contributed by atoms with van der Waals surface area (Å²) in [6, 6.07) is 89.1. The normalized spacial score (nSPS) is 11.2. The van der Waals surface area contributed by atoms with Gasteiger partial charge >= 0.3 is 0 Å². The number of anilines is 3. The number of hydrogen-bond acceptors (Lipinski definition) is 2. The molecule has 0 unspecified atom stereocenters. The summed E-state index contributed by atoms with van der Waals surface area (Å²) in [5, 5.41) is 2.26. The second-order valence-corrected chi connectivity index (χ2v) is 15.7. The van der Waals surface area contributed by atoms with E-state index >= 15 is 0 Å². The summed E-state index contributed by atoms with van der Waals surface area (Å²) in [6.07, 6.45) is 0. The van der Waals surface area contributed by atoms with Crippen molar-refractivity contribution < 1.29 is 4.42 Å². The van der Waals surface area contributed by atoms with Crippen LogP contribution in [0.3, 0.4) is 0 Å². The third-order valence-electron chi connectivity index (χ3n) is 12.0. The van der Waals surface area contributed by atoms with Gasteiger partial charge in [0.25, 0.3) is 0 Å². The quantitative estimate of drug-likeness (QED) is 0.145. The van der Waals surface area contributed by atoms with E-state index in [0.29, 0.717) is 0 Å². The van der Waals surface area contributed by atoms with E-state index in [2.05, 4.69) is 241 Å². The Hall–Kier alpha value is -8.20. The Labute approximate surface area is 362 Å². The fourth-order valence-electron chi connectivity index (χ4n) is 8.89. The van der Waals surface area contributed by atoms with Gasteiger partial charge in [-0.15, -0.1) is 0 Å². The molecule has 0 aliphatic carbocycles. The van der Waals surface area contributed by atoms with Crippen LogP contribution in [0.15, 0.2) is 253 Å². The molecule has 292 valence electrons. The number of fused-ring (bicyclic) bond motifs is 3. The molecule has 0 aliphatic rings. The van der Waals surface area contributed by atoms with E-state index in [1.54, 1.807) is 0 Å². The molecule has 62 heavy (non-hydrogen) atoms. The topological polar surface area (TPSA) is 16.4 Å². The molecule has 2 nitrogen and oxygen atoms in total. The summed E-state index contributed by atoms with van der Waals surface area (Å²) in [6.45, 7) is 0. The van der Waals surface area contributed by atoms with Gasteiger partial charge in [-0.05, 0) is 121 Å². The second-order valence-electron chi connectivity index (χ2n) is 15.7. The van der Waals surface area contributed by atoms with Crippen molar-refractivity contribution >= 4 is 39.0 Å². The molecular formula is C60H41NO. The Morgan fingerprint density at radius 2 is 0.565 bits per heavy atom. The van der Waals surface area contributed by atoms with Crippen molar-refractivity contribution in [1.82, 2.24) is 0 Å². The van der Waals surface area contributed by atoms with Gasteiger partial charge in [0, 0.05) is 27.8 Å². The lowest BCUT2D eigenvalue weighted by Gasteiger charge is -2.26. The van der Waals surface area contributed by atoms with Crippen LogP contribution in [0.2, 0.25) is 0 Å². The second kappa shape index (κ2) is 16.1. The van der Waals surface area contributed by atoms with Gasteiger partial charge in [0.15, 0.2) is 0 Å². The summed E-state index contributed by atoms with van der Waals surface area (Å²) in [5.41, 5.74) is 19.4. The van der Waals surface area contributed by atoms with Crippen molar-refractivity contribution in [2.45, 2.75) is 0 Å². The first kappa shape index (κ1) is 36.8. The lowest BCUT2D eigenvalue weighted by atomic mass is 9.87. The highest BCUT2D eigenvalue weighted by Gasteiger charge is 2.18. The molecule has 1 aromatic heterocycles. The standard InChI is InChI=1S/C60H41NO/c1-3-15-42(16-4-1)43-27-34-48(35-28-43)61(49-36-29-44(30-37-49)47-33-40-60-58(41-47)57-25-13-14-26-59(57)62-60)50-38-31-46(32-39-50)52-20-8-10-22-54(52)56-24-12-11-23-55(56)53-21-9-7-19-51(53)45-17-5-2-6-18-45/h1-41H. The third-order valence-corrected chi connectivity index (χ3v) is 12.0. The van der Waals surface area contributed by atoms with E-state index in [1.807, 2.05) is 12.1 Å². The van der Waals surface area contributed by atoms with Gasteiger partial charge in [-0.1, -0.05) is 194 Å². The first-order chi connectivity index (χ1) is 30.7. The highest BCUT2D eigenvalue weighted by atomic mass is 16.3. The van der Waals surface area contributed by atoms with Crippen LogP contribution in [0, 0.1) is 0 Å². The van der Waals surface area contributed by atoms with E-state index in [1.165, 1.54) is 50.1 Å². The highest BCUT2D eigenvalue weighted by Crippen LogP contribution is 2.43. The van der Waals surface area contributed by atoms with Crippen LogP contribution >= 0.6 is 0 Å². The van der Waals surface area contributed by atoms with Crippen LogP contribution in [0.1, 0.15) is 0 Å². The minimum Gasteiger partial charge on any atom is -0.456 e. The van der Waals surface area contributed by atoms with Crippen molar-refractivity contribution in [3.63, 3.8) is 0 Å². The number of nitrogens with zero attached hydrogens (tertiary/aromatic N) is 1. The van der Waals surface area contributed by atoms with E-state index in [-0.39, 0.29) is 0 Å². The van der Waals surface area contributed by atoms with Gasteiger partial charge in [0.05, 0.1) is 0 Å². The number of rotatable bonds is 9. The minimum atomic E-state index is 0.903. The average Bonchev–Trinajstić information content (AvgIpc) is 3.73. The zero-order chi connectivity index (χ0) is 41.2. The molecule has 0 amide bonds. The van der Waals surface area contributed by atoms with Gasteiger partial charge in [0.2, 0.25) is 0 Å². The van der Waals surface area contributed by atoms with Crippen molar-refractivity contribution in [1.29, 1.82) is 0 Å². The monoisotopic (exact) mass is 791 g/mol. The Morgan fingerprint density at radius 3 is 1.10 bits per heavy atom. The van der Waals surface area contributed by atoms with Gasteiger partial charge < -0.3 is 9.32 Å². The van der Waals surface area contributed by atoms with E-state index in [0.717, 1.165) is 55.7 Å². The van der Waals surface area contributed by atoms with Crippen LogP contribution in [-0.2, 0) is 0 Å². The fourth-order valence-corrected chi connectivity index (χ4v) is 8.89. The predicted molar refractivity (Wildman–Crippen MR) is 261 cm³/mol. The number of furan rings is 1. The summed E-state index contributed by atoms with van der Waals surface area (Å²) < 4.78 is 6.13. The number of benzene rings is 10. The zero-order valence-electron chi connectivity index (χ0n) is 34.0. The summed E-state index contributed by atoms with van der Waals surface area (Å²) in [4.78, 5) is 2.34. The maximum atomic E-state index is 6.13. The molecule has 0 saturated carbocycles. The maximum absolute atomic E-state index is 6.13. The van der Waals surface area contributed by atoms with E-state index in [9.17, 15) is 0 Å². The molecule has 0 aliphatic heterocycles. The largest absolute Gasteiger partial charge is 0.456 e. The minimum absolute atomic E-state index is 0.903. The molecule has 10 aromatic carbocycles. The van der Waals surface area contributed by atoms with Crippen LogP contribution in [0.5, 0.6) is 0 Å². The number of hydrogen-bond donors (Lipinski definition) is 0. The van der Waals surface area contributed by atoms with Crippen LogP contribution in [-0.4, -0.2) is 0 Å². The predicted octanol–water partition coefficient (Wildman–Crippen LogP) is 17.1. The molecule has 0 radical (unpaired) electrons. The molecule has 1 heterocycles. The van der Waals surface area contributed by atoms with Gasteiger partial charge in [-0.2, -0.15) is 0 Å². The molecule has 0 spiro atoms. The first-order valence-corrected chi connectivity index (χ1v) is 21.2. The molecule has 0 atom stereocenters. The molecule has 11 rings (SSSR count). The molecule has 11 aromatic rings. The molecule has 0 bridgehead atoms. The molecule has 0 saturated heterocycles. The van der Waals surface area contributed by atoms with Crippen molar-refractivity contribution in [3.05, 3.63) is 249 Å². The van der Waals surface area contributed by atoms with Crippen LogP contribution < -0.4 is 4.90 Å². The Kier molecular flexibility index (Phi) is 9.57. The molecule has 2 heteroatoms. The van der Waals surface area contributed by atoms with Crippen molar-refractivity contribution in [2.24, 2.45) is 0 Å². The summed E-state index contributed by atoms with van der Waals surface area (Å²) >= 11 is 0. The highest BCUT2D eigenvalue weighted by molar-refractivity contribution is 6.06. The average molecular weight is 792 g/mol. The van der Waals surface area contributed by atoms with Gasteiger partial charge in [0.1, 0.15) is 11.2 Å². The SMILES string of the molecule is c1ccc(-c2ccc(N(c3ccc(-c4ccc5oc6ccccc6c5c4)cc3)c3ccc(-c4ccccc4-c4ccccc4-c4ccccc4-c4ccccc4)cc3)cc2)cc1. The smallest absolute Gasteiger partial charge is 0.135 e. The van der Waals surface area contributed by atoms with Crippen LogP contribution in [0.25, 0.3) is 88.7 Å². The summed E-state index contributed by atoms with van der Waals surface area (Å²) in [5.74, 6) is 0.